The molecule has 0 spiro atoms. The van der Waals surface area contributed by atoms with Crippen LogP contribution >= 0.6 is 23.4 Å². The molecule has 6 rings (SSSR count). The van der Waals surface area contributed by atoms with Crippen LogP contribution in [0.15, 0.2) is 125 Å². The van der Waals surface area contributed by atoms with Gasteiger partial charge < -0.3 is 20.9 Å². The van der Waals surface area contributed by atoms with Crippen molar-refractivity contribution in [2.24, 2.45) is 0 Å². The maximum atomic E-state index is 13.4. The van der Waals surface area contributed by atoms with Crippen molar-refractivity contribution >= 4 is 62.0 Å². The highest BCUT2D eigenvalue weighted by atomic mass is 35.5. The first kappa shape index (κ1) is 41.5. The van der Waals surface area contributed by atoms with Crippen molar-refractivity contribution in [1.82, 2.24) is 14.5 Å². The number of nitrogens with zero attached hydrogens (tertiary/aromatic N) is 4. The van der Waals surface area contributed by atoms with Gasteiger partial charge in [0.1, 0.15) is 5.69 Å². The number of nitro benzene ring substituents is 1. The van der Waals surface area contributed by atoms with E-state index in [2.05, 4.69) is 19.8 Å². The maximum absolute atomic E-state index is 13.4. The molecule has 4 N–H and O–H groups in total. The number of nitrogen functional groups attached to an aromatic ring is 1. The number of amides is 1. The zero-order valence-electron chi connectivity index (χ0n) is 31.8. The first-order valence-corrected chi connectivity index (χ1v) is 21.4. The summed E-state index contributed by atoms with van der Waals surface area (Å²) in [5.74, 6) is -0.201. The van der Waals surface area contributed by atoms with E-state index in [1.807, 2.05) is 91.8 Å². The molecule has 1 unspecified atom stereocenters. The molecule has 1 fully saturated rings. The summed E-state index contributed by atoms with van der Waals surface area (Å²) in [7, 11) is -0.524. The Morgan fingerprint density at radius 1 is 0.930 bits per heavy atom. The molecular formula is C42H46ClN7O5S2. The van der Waals surface area contributed by atoms with Crippen molar-refractivity contribution in [2.75, 3.05) is 68.5 Å². The topological polar surface area (TPSA) is 154 Å². The van der Waals surface area contributed by atoms with Crippen LogP contribution in [0.2, 0.25) is 5.02 Å². The lowest BCUT2D eigenvalue weighted by Crippen LogP contribution is -2.46. The number of benzene rings is 5. The summed E-state index contributed by atoms with van der Waals surface area (Å²) >= 11 is 7.75. The molecule has 0 aromatic heterocycles. The summed E-state index contributed by atoms with van der Waals surface area (Å²) < 4.78 is 28.8. The van der Waals surface area contributed by atoms with E-state index in [0.29, 0.717) is 22.9 Å². The van der Waals surface area contributed by atoms with Gasteiger partial charge in [0.25, 0.3) is 21.6 Å². The number of halogens is 1. The number of sulfonamides is 1. The van der Waals surface area contributed by atoms with Gasteiger partial charge in [0.05, 0.1) is 9.82 Å². The highest BCUT2D eigenvalue weighted by Gasteiger charge is 2.26. The number of nitro groups is 1. The molecule has 1 aliphatic rings. The molecule has 5 aromatic rings. The summed E-state index contributed by atoms with van der Waals surface area (Å²) in [6, 6.07) is 33.8. The van der Waals surface area contributed by atoms with Crippen molar-refractivity contribution in [3.8, 4) is 11.1 Å². The average molecular weight is 828 g/mol. The summed E-state index contributed by atoms with van der Waals surface area (Å²) in [5.41, 5.74) is 11.0. The van der Waals surface area contributed by atoms with Crippen molar-refractivity contribution in [2.45, 2.75) is 28.8 Å². The number of hydrogen-bond donors (Lipinski definition) is 3. The van der Waals surface area contributed by atoms with Crippen molar-refractivity contribution in [3.63, 3.8) is 0 Å². The standard InChI is InChI=1S/C42H46ClN7O5S2/c1-47(2)21-20-35(29-56-37-6-4-3-5-7-37)45-40-19-17-38(27-41(40)50(52)53)57(54,55)46-42(51)31-10-15-36(16-11-31)49-24-22-48(23-25-49)28-32-26-34(44)14-18-39(32)30-8-12-33(43)13-9-30/h3-19,26-27,35,45H,20-25,28-29,44H2,1-2H3,(H,46,51). The minimum Gasteiger partial charge on any atom is -0.399 e. The molecule has 12 nitrogen and oxygen atoms in total. The number of thioether (sulfide) groups is 1. The third kappa shape index (κ3) is 11.3. The zero-order chi connectivity index (χ0) is 40.5. The summed E-state index contributed by atoms with van der Waals surface area (Å²) in [4.78, 5) is 32.0. The number of anilines is 3. The van der Waals surface area contributed by atoms with E-state index in [-0.39, 0.29) is 22.2 Å². The molecule has 1 saturated heterocycles. The molecular weight excluding hydrogens is 782 g/mol. The molecule has 0 aliphatic carbocycles. The van der Waals surface area contributed by atoms with Crippen LogP contribution in [0.4, 0.5) is 22.7 Å². The molecule has 57 heavy (non-hydrogen) atoms. The van der Waals surface area contributed by atoms with Gasteiger partial charge in [0, 0.05) is 77.4 Å². The molecule has 0 radical (unpaired) electrons. The van der Waals surface area contributed by atoms with Gasteiger partial charge in [-0.05, 0) is 117 Å². The number of nitrogens with two attached hydrogens (primary N) is 1. The van der Waals surface area contributed by atoms with Gasteiger partial charge in [-0.25, -0.2) is 13.1 Å². The van der Waals surface area contributed by atoms with Crippen molar-refractivity contribution in [3.05, 3.63) is 142 Å². The first-order chi connectivity index (χ1) is 27.3. The van der Waals surface area contributed by atoms with Gasteiger partial charge in [-0.3, -0.25) is 19.8 Å². The quantitative estimate of drug-likeness (QED) is 0.0393. The minimum absolute atomic E-state index is 0.143. The molecule has 0 saturated carbocycles. The number of rotatable bonds is 16. The van der Waals surface area contributed by atoms with Crippen LogP contribution in [0.25, 0.3) is 11.1 Å². The van der Waals surface area contributed by atoms with Crippen LogP contribution in [-0.4, -0.2) is 87.7 Å². The van der Waals surface area contributed by atoms with Crippen LogP contribution in [0.1, 0.15) is 22.3 Å². The van der Waals surface area contributed by atoms with Crippen molar-refractivity contribution in [1.29, 1.82) is 0 Å². The second-order valence-corrected chi connectivity index (χ2v) is 17.4. The smallest absolute Gasteiger partial charge is 0.293 e. The molecule has 5 aromatic carbocycles. The monoisotopic (exact) mass is 827 g/mol. The van der Waals surface area contributed by atoms with E-state index < -0.39 is 26.5 Å². The Kier molecular flexibility index (Phi) is 13.8. The minimum atomic E-state index is -4.44. The molecule has 1 heterocycles. The second kappa shape index (κ2) is 18.9. The number of nitrogens with one attached hydrogen (secondary N) is 2. The lowest BCUT2D eigenvalue weighted by molar-refractivity contribution is -0.384. The van der Waals surface area contributed by atoms with E-state index in [9.17, 15) is 23.3 Å². The Bertz CT molecular complexity index is 2270. The predicted molar refractivity (Wildman–Crippen MR) is 231 cm³/mol. The fourth-order valence-electron chi connectivity index (χ4n) is 6.62. The van der Waals surface area contributed by atoms with E-state index in [1.165, 1.54) is 12.1 Å². The normalized spacial score (nSPS) is 14.0. The summed E-state index contributed by atoms with van der Waals surface area (Å²) in [6.45, 7) is 4.60. The SMILES string of the molecule is CN(C)CCC(CSc1ccccc1)Nc1ccc(S(=O)(=O)NC(=O)c2ccc(N3CCN(Cc4cc(N)ccc4-c4ccc(Cl)cc4)CC3)cc2)cc1[N+](=O)[O-]. The lowest BCUT2D eigenvalue weighted by atomic mass is 9.98. The Morgan fingerprint density at radius 2 is 1.63 bits per heavy atom. The third-order valence-electron chi connectivity index (χ3n) is 9.73. The lowest BCUT2D eigenvalue weighted by Gasteiger charge is -2.36. The van der Waals surface area contributed by atoms with Crippen LogP contribution in [0.5, 0.6) is 0 Å². The van der Waals surface area contributed by atoms with Gasteiger partial charge in [-0.15, -0.1) is 11.8 Å². The zero-order valence-corrected chi connectivity index (χ0v) is 34.2. The molecule has 15 heteroatoms. The predicted octanol–water partition coefficient (Wildman–Crippen LogP) is 7.46. The molecule has 1 amide bonds. The van der Waals surface area contributed by atoms with Gasteiger partial charge >= 0.3 is 0 Å². The number of carbonyl (C=O) groups is 1. The average Bonchev–Trinajstić information content (AvgIpc) is 3.20. The fourth-order valence-corrected chi connectivity index (χ4v) is 8.73. The van der Waals surface area contributed by atoms with E-state index >= 15 is 0 Å². The molecule has 1 atom stereocenters. The van der Waals surface area contributed by atoms with Crippen LogP contribution in [0, 0.1) is 10.1 Å². The van der Waals surface area contributed by atoms with Crippen LogP contribution in [0.3, 0.4) is 0 Å². The maximum Gasteiger partial charge on any atom is 0.293 e. The van der Waals surface area contributed by atoms with Gasteiger partial charge in [0.2, 0.25) is 0 Å². The summed E-state index contributed by atoms with van der Waals surface area (Å²) in [5, 5.41) is 16.1. The summed E-state index contributed by atoms with van der Waals surface area (Å²) in [6.07, 6.45) is 0.700. The van der Waals surface area contributed by atoms with Gasteiger partial charge in [0.15, 0.2) is 0 Å². The van der Waals surface area contributed by atoms with E-state index in [4.69, 9.17) is 17.3 Å². The second-order valence-electron chi connectivity index (χ2n) is 14.2. The molecule has 1 aliphatic heterocycles. The first-order valence-electron chi connectivity index (χ1n) is 18.5. The molecule has 298 valence electrons. The largest absolute Gasteiger partial charge is 0.399 e. The van der Waals surface area contributed by atoms with Gasteiger partial charge in [-0.2, -0.15) is 0 Å². The number of carbonyl (C=O) groups excluding carboxylic acids is 1. The Labute approximate surface area is 343 Å². The van der Waals surface area contributed by atoms with E-state index in [0.717, 1.165) is 72.6 Å². The van der Waals surface area contributed by atoms with E-state index in [1.54, 1.807) is 36.0 Å². The number of piperazine rings is 1. The highest BCUT2D eigenvalue weighted by molar-refractivity contribution is 7.99. The highest BCUT2D eigenvalue weighted by Crippen LogP contribution is 2.31. The number of hydrogen-bond acceptors (Lipinski definition) is 11. The van der Waals surface area contributed by atoms with Gasteiger partial charge in [-0.1, -0.05) is 48.0 Å². The third-order valence-corrected chi connectivity index (χ3v) is 12.5. The Balaban J connectivity index is 1.06. The molecule has 0 bridgehead atoms. The Hall–Kier alpha value is -5.12. The van der Waals surface area contributed by atoms with Crippen molar-refractivity contribution < 1.29 is 18.1 Å². The van der Waals surface area contributed by atoms with Crippen LogP contribution in [-0.2, 0) is 16.6 Å². The fraction of sp³-hybridized carbons (Fsp3) is 0.262. The Morgan fingerprint density at radius 3 is 2.30 bits per heavy atom. The van der Waals surface area contributed by atoms with Crippen LogP contribution < -0.4 is 20.7 Å².